The van der Waals surface area contributed by atoms with E-state index in [0.717, 1.165) is 24.2 Å². The van der Waals surface area contributed by atoms with E-state index in [9.17, 15) is 9.18 Å². The molecule has 22 heavy (non-hydrogen) atoms. The zero-order valence-electron chi connectivity index (χ0n) is 12.2. The summed E-state index contributed by atoms with van der Waals surface area (Å²) in [5.74, 6) is 6.48. The molecule has 2 aromatic rings. The molecule has 1 aromatic heterocycles. The van der Waals surface area contributed by atoms with E-state index in [-0.39, 0.29) is 5.82 Å². The fraction of sp³-hybridized carbons (Fsp3) is 0.312. The highest BCUT2D eigenvalue weighted by atomic mass is 19.1. The molecule has 0 bridgehead atoms. The molecule has 2 N–H and O–H groups in total. The molecule has 1 aromatic carbocycles. The molecule has 1 saturated carbocycles. The van der Waals surface area contributed by atoms with Crippen LogP contribution in [0.15, 0.2) is 30.3 Å². The van der Waals surface area contributed by atoms with Gasteiger partial charge in [0.1, 0.15) is 18.1 Å². The van der Waals surface area contributed by atoms with Gasteiger partial charge in [0, 0.05) is 17.3 Å². The van der Waals surface area contributed by atoms with E-state index in [1.165, 1.54) is 29.3 Å². The van der Waals surface area contributed by atoms with Gasteiger partial charge in [-0.3, -0.25) is 5.01 Å². The summed E-state index contributed by atoms with van der Waals surface area (Å²) < 4.78 is 13.0. The fourth-order valence-corrected chi connectivity index (χ4v) is 2.37. The monoisotopic (exact) mass is 300 g/mol. The average Bonchev–Trinajstić information content (AvgIpc) is 3.34. The van der Waals surface area contributed by atoms with Crippen LogP contribution in [0.3, 0.4) is 0 Å². The molecule has 1 unspecified atom stereocenters. The Morgan fingerprint density at radius 3 is 2.59 bits per heavy atom. The number of nitrogens with two attached hydrogens (primary N) is 1. The number of halogens is 1. The summed E-state index contributed by atoms with van der Waals surface area (Å²) in [4.78, 5) is 20.2. The second kappa shape index (κ2) is 5.81. The zero-order valence-corrected chi connectivity index (χ0v) is 12.2. The van der Waals surface area contributed by atoms with Gasteiger partial charge in [0.2, 0.25) is 5.95 Å². The van der Waals surface area contributed by atoms with Crippen LogP contribution in [-0.4, -0.2) is 16.3 Å². The van der Waals surface area contributed by atoms with Gasteiger partial charge in [-0.05, 0) is 43.5 Å². The number of benzene rings is 1. The Balaban J connectivity index is 1.92. The van der Waals surface area contributed by atoms with Crippen molar-refractivity contribution in [2.24, 2.45) is 5.84 Å². The lowest BCUT2D eigenvalue weighted by Gasteiger charge is -2.24. The third-order valence-electron chi connectivity index (χ3n) is 3.73. The molecule has 1 aliphatic carbocycles. The van der Waals surface area contributed by atoms with Crippen LogP contribution in [0.2, 0.25) is 0 Å². The molecule has 1 heterocycles. The normalized spacial score (nSPS) is 15.4. The highest BCUT2D eigenvalue weighted by Gasteiger charge is 2.27. The standard InChI is InChI=1S/C16H17FN4O/c1-10-8-14(11-2-3-11)20-16(19-10)21(18)15(9-22)12-4-6-13(17)7-5-12/h4-9,11,15H,2-3,18H2,1H3. The van der Waals surface area contributed by atoms with Gasteiger partial charge in [-0.25, -0.2) is 20.2 Å². The predicted molar refractivity (Wildman–Crippen MR) is 80.6 cm³/mol. The molecule has 0 spiro atoms. The lowest BCUT2D eigenvalue weighted by Crippen LogP contribution is -2.38. The minimum Gasteiger partial charge on any atom is -0.301 e. The maximum absolute atomic E-state index is 13.0. The lowest BCUT2D eigenvalue weighted by molar-refractivity contribution is -0.109. The molecule has 0 aliphatic heterocycles. The number of aryl methyl sites for hydroxylation is 1. The number of hydrazine groups is 1. The van der Waals surface area contributed by atoms with Gasteiger partial charge in [-0.2, -0.15) is 0 Å². The van der Waals surface area contributed by atoms with Crippen molar-refractivity contribution >= 4 is 12.2 Å². The topological polar surface area (TPSA) is 72.1 Å². The minimum absolute atomic E-state index is 0.309. The zero-order chi connectivity index (χ0) is 15.7. The Kier molecular flexibility index (Phi) is 3.85. The van der Waals surface area contributed by atoms with Crippen LogP contribution in [0.4, 0.5) is 10.3 Å². The van der Waals surface area contributed by atoms with Crippen molar-refractivity contribution < 1.29 is 9.18 Å². The number of nitrogens with zero attached hydrogens (tertiary/aromatic N) is 3. The average molecular weight is 300 g/mol. The maximum atomic E-state index is 13.0. The molecule has 0 saturated heterocycles. The Morgan fingerprint density at radius 2 is 2.00 bits per heavy atom. The Labute approximate surface area is 128 Å². The quantitative estimate of drug-likeness (QED) is 0.521. The third kappa shape index (κ3) is 2.96. The molecule has 3 rings (SSSR count). The van der Waals surface area contributed by atoms with Crippen molar-refractivity contribution in [3.63, 3.8) is 0 Å². The van der Waals surface area contributed by atoms with Crippen LogP contribution in [0.25, 0.3) is 0 Å². The van der Waals surface area contributed by atoms with Crippen molar-refractivity contribution in [3.05, 3.63) is 53.1 Å². The van der Waals surface area contributed by atoms with Gasteiger partial charge in [-0.1, -0.05) is 12.1 Å². The molecular weight excluding hydrogens is 283 g/mol. The largest absolute Gasteiger partial charge is 0.301 e. The van der Waals surface area contributed by atoms with E-state index in [1.54, 1.807) is 0 Å². The molecule has 0 radical (unpaired) electrons. The smallest absolute Gasteiger partial charge is 0.241 e. The number of rotatable bonds is 5. The first-order valence-corrected chi connectivity index (χ1v) is 7.19. The van der Waals surface area contributed by atoms with Gasteiger partial charge in [0.15, 0.2) is 0 Å². The van der Waals surface area contributed by atoms with Crippen LogP contribution in [-0.2, 0) is 4.79 Å². The third-order valence-corrected chi connectivity index (χ3v) is 3.73. The summed E-state index contributed by atoms with van der Waals surface area (Å²) >= 11 is 0. The summed E-state index contributed by atoms with van der Waals surface area (Å²) in [6, 6.07) is 6.86. The molecular formula is C16H17FN4O. The number of aromatic nitrogens is 2. The van der Waals surface area contributed by atoms with E-state index in [0.29, 0.717) is 23.7 Å². The van der Waals surface area contributed by atoms with Gasteiger partial charge >= 0.3 is 0 Å². The van der Waals surface area contributed by atoms with E-state index in [2.05, 4.69) is 9.97 Å². The summed E-state index contributed by atoms with van der Waals surface area (Å²) in [5.41, 5.74) is 2.37. The van der Waals surface area contributed by atoms with E-state index in [4.69, 9.17) is 5.84 Å². The van der Waals surface area contributed by atoms with Gasteiger partial charge < -0.3 is 4.79 Å². The van der Waals surface area contributed by atoms with Crippen LogP contribution < -0.4 is 10.9 Å². The molecule has 1 fully saturated rings. The van der Waals surface area contributed by atoms with Gasteiger partial charge in [0.05, 0.1) is 0 Å². The van der Waals surface area contributed by atoms with Crippen LogP contribution >= 0.6 is 0 Å². The predicted octanol–water partition coefficient (Wildman–Crippen LogP) is 2.42. The SMILES string of the molecule is Cc1cc(C2CC2)nc(N(N)C(C=O)c2ccc(F)cc2)n1. The number of hydrogen-bond donors (Lipinski definition) is 1. The number of anilines is 1. The highest BCUT2D eigenvalue weighted by Crippen LogP contribution is 2.39. The highest BCUT2D eigenvalue weighted by molar-refractivity contribution is 5.66. The molecule has 1 aliphatic rings. The molecule has 1 atom stereocenters. The number of carbonyl (C=O) groups is 1. The van der Waals surface area contributed by atoms with Crippen molar-refractivity contribution in [2.45, 2.75) is 31.7 Å². The molecule has 5 nitrogen and oxygen atoms in total. The summed E-state index contributed by atoms with van der Waals surface area (Å²) in [5, 5.41) is 1.24. The number of aldehydes is 1. The minimum atomic E-state index is -0.755. The first-order chi connectivity index (χ1) is 10.6. The van der Waals surface area contributed by atoms with E-state index >= 15 is 0 Å². The van der Waals surface area contributed by atoms with Crippen molar-refractivity contribution in [2.75, 3.05) is 5.01 Å². The number of hydrogen-bond acceptors (Lipinski definition) is 5. The molecule has 114 valence electrons. The van der Waals surface area contributed by atoms with E-state index < -0.39 is 6.04 Å². The maximum Gasteiger partial charge on any atom is 0.241 e. The van der Waals surface area contributed by atoms with Crippen LogP contribution in [0.1, 0.15) is 41.8 Å². The van der Waals surface area contributed by atoms with Gasteiger partial charge in [-0.15, -0.1) is 0 Å². The van der Waals surface area contributed by atoms with Crippen molar-refractivity contribution in [1.29, 1.82) is 0 Å². The fourth-order valence-electron chi connectivity index (χ4n) is 2.37. The lowest BCUT2D eigenvalue weighted by atomic mass is 10.1. The Bertz CT molecular complexity index is 685. The molecule has 0 amide bonds. The summed E-state index contributed by atoms with van der Waals surface area (Å²) in [7, 11) is 0. The van der Waals surface area contributed by atoms with E-state index in [1.807, 2.05) is 13.0 Å². The Morgan fingerprint density at radius 1 is 1.32 bits per heavy atom. The summed E-state index contributed by atoms with van der Waals surface area (Å²) in [6.45, 7) is 1.87. The first-order valence-electron chi connectivity index (χ1n) is 7.19. The second-order valence-electron chi connectivity index (χ2n) is 5.55. The summed E-state index contributed by atoms with van der Waals surface area (Å²) in [6.07, 6.45) is 2.95. The first kappa shape index (κ1) is 14.6. The van der Waals surface area contributed by atoms with Gasteiger partial charge in [0.25, 0.3) is 0 Å². The van der Waals surface area contributed by atoms with Crippen LogP contribution in [0.5, 0.6) is 0 Å². The second-order valence-corrected chi connectivity index (χ2v) is 5.55. The Hall–Kier alpha value is -2.34. The van der Waals surface area contributed by atoms with Crippen molar-refractivity contribution in [3.8, 4) is 0 Å². The van der Waals surface area contributed by atoms with Crippen molar-refractivity contribution in [1.82, 2.24) is 9.97 Å². The molecule has 6 heteroatoms. The van der Waals surface area contributed by atoms with Crippen LogP contribution in [0, 0.1) is 12.7 Å². The number of carbonyl (C=O) groups excluding carboxylic acids is 1.